The predicted octanol–water partition coefficient (Wildman–Crippen LogP) is -0.801. The van der Waals surface area contributed by atoms with Crippen LogP contribution in [0.4, 0.5) is 0 Å². The number of thioether (sulfide) groups is 1. The van der Waals surface area contributed by atoms with Crippen molar-refractivity contribution >= 4 is 23.5 Å². The highest BCUT2D eigenvalue weighted by Crippen LogP contribution is 2.29. The van der Waals surface area contributed by atoms with Crippen LogP contribution in [0, 0.1) is 0 Å². The molecule has 1 rings (SSSR count). The van der Waals surface area contributed by atoms with Crippen molar-refractivity contribution < 1.29 is 14.7 Å². The van der Waals surface area contributed by atoms with Crippen molar-refractivity contribution in [1.29, 1.82) is 0 Å². The summed E-state index contributed by atoms with van der Waals surface area (Å²) in [5.41, 5.74) is 0. The minimum Gasteiger partial charge on any atom is -0.548 e. The number of hydrogen-bond acceptors (Lipinski definition) is 4. The lowest BCUT2D eigenvalue weighted by atomic mass is 10.2. The quantitative estimate of drug-likeness (QED) is 0.470. The molecule has 0 radical (unpaired) electrons. The van der Waals surface area contributed by atoms with Gasteiger partial charge in [-0.05, 0) is 0 Å². The van der Waals surface area contributed by atoms with Gasteiger partial charge in [-0.3, -0.25) is 4.79 Å². The molecule has 3 nitrogen and oxygen atoms in total. The van der Waals surface area contributed by atoms with Crippen molar-refractivity contribution in [2.75, 3.05) is 0 Å². The monoisotopic (exact) mass is 159 g/mol. The van der Waals surface area contributed by atoms with Gasteiger partial charge < -0.3 is 9.90 Å². The molecule has 4 heteroatoms. The van der Waals surface area contributed by atoms with Crippen LogP contribution in [-0.4, -0.2) is 22.3 Å². The summed E-state index contributed by atoms with van der Waals surface area (Å²) >= 11 is 1.17. The predicted molar refractivity (Wildman–Crippen MR) is 35.5 cm³/mol. The molecule has 0 aliphatic carbocycles. The molecular weight excluding hydrogens is 152 g/mol. The Hall–Kier alpha value is -0.510. The lowest BCUT2D eigenvalue weighted by molar-refractivity contribution is -0.303. The average Bonchev–Trinajstić information content (AvgIpc) is 2.10. The summed E-state index contributed by atoms with van der Waals surface area (Å²) in [6.45, 7) is 1.84. The number of ketones is 1. The molecule has 0 aromatic heterocycles. The zero-order valence-electron chi connectivity index (χ0n) is 5.49. The Balaban J connectivity index is 2.63. The van der Waals surface area contributed by atoms with Crippen LogP contribution in [0.25, 0.3) is 0 Å². The number of Topliss-reactive ketones (excluding diaryl/α,β-unsaturated/α-hetero) is 1. The first-order chi connectivity index (χ1) is 4.61. The van der Waals surface area contributed by atoms with Gasteiger partial charge in [0.05, 0.1) is 5.97 Å². The summed E-state index contributed by atoms with van der Waals surface area (Å²) < 4.78 is 0. The van der Waals surface area contributed by atoms with Crippen LogP contribution in [0.3, 0.4) is 0 Å². The molecule has 0 spiro atoms. The van der Waals surface area contributed by atoms with E-state index in [4.69, 9.17) is 0 Å². The van der Waals surface area contributed by atoms with Crippen LogP contribution < -0.4 is 5.11 Å². The van der Waals surface area contributed by atoms with Crippen LogP contribution in [0.15, 0.2) is 0 Å². The minimum absolute atomic E-state index is 0.135. The van der Waals surface area contributed by atoms with Crippen molar-refractivity contribution in [1.82, 2.24) is 0 Å². The number of hydrogen-bond donors (Lipinski definition) is 0. The van der Waals surface area contributed by atoms with Crippen molar-refractivity contribution in [3.63, 3.8) is 0 Å². The van der Waals surface area contributed by atoms with Crippen molar-refractivity contribution in [3.8, 4) is 0 Å². The van der Waals surface area contributed by atoms with Crippen molar-refractivity contribution in [3.05, 3.63) is 0 Å². The number of rotatable bonds is 1. The van der Waals surface area contributed by atoms with Gasteiger partial charge in [0, 0.05) is 11.7 Å². The first-order valence-electron chi connectivity index (χ1n) is 3.00. The molecule has 1 heterocycles. The van der Waals surface area contributed by atoms with Gasteiger partial charge in [0.1, 0.15) is 5.25 Å². The van der Waals surface area contributed by atoms with E-state index >= 15 is 0 Å². The summed E-state index contributed by atoms with van der Waals surface area (Å²) in [7, 11) is 0. The molecule has 0 amide bonds. The van der Waals surface area contributed by atoms with Crippen LogP contribution in [-0.2, 0) is 9.59 Å². The molecule has 1 aliphatic rings. The zero-order valence-corrected chi connectivity index (χ0v) is 6.31. The summed E-state index contributed by atoms with van der Waals surface area (Å²) in [6.07, 6.45) is 0.364. The molecule has 0 aromatic rings. The normalized spacial score (nSPS) is 32.7. The number of carbonyl (C=O) groups is 2. The maximum absolute atomic E-state index is 10.8. The third-order valence-electron chi connectivity index (χ3n) is 1.36. The SMILES string of the molecule is CC1CC(=O)C(C(=O)[O-])S1. The Kier molecular flexibility index (Phi) is 1.99. The molecule has 10 heavy (non-hydrogen) atoms. The molecule has 56 valence electrons. The molecule has 0 N–H and O–H groups in total. The second-order valence-electron chi connectivity index (χ2n) is 2.32. The lowest BCUT2D eigenvalue weighted by Crippen LogP contribution is -2.36. The van der Waals surface area contributed by atoms with Gasteiger partial charge in [0.25, 0.3) is 0 Å². The highest BCUT2D eigenvalue weighted by Gasteiger charge is 2.31. The fourth-order valence-electron chi connectivity index (χ4n) is 0.934. The van der Waals surface area contributed by atoms with Gasteiger partial charge in [-0.1, -0.05) is 6.92 Å². The molecule has 0 saturated carbocycles. The largest absolute Gasteiger partial charge is 0.548 e. The molecule has 0 aromatic carbocycles. The Morgan fingerprint density at radius 2 is 2.40 bits per heavy atom. The lowest BCUT2D eigenvalue weighted by Gasteiger charge is -2.07. The van der Waals surface area contributed by atoms with E-state index in [0.29, 0.717) is 6.42 Å². The Morgan fingerprint density at radius 1 is 1.80 bits per heavy atom. The van der Waals surface area contributed by atoms with E-state index < -0.39 is 11.2 Å². The van der Waals surface area contributed by atoms with E-state index in [-0.39, 0.29) is 11.0 Å². The van der Waals surface area contributed by atoms with E-state index in [9.17, 15) is 14.7 Å². The third kappa shape index (κ3) is 1.31. The molecule has 1 saturated heterocycles. The number of aliphatic carboxylic acids is 1. The fourth-order valence-corrected chi connectivity index (χ4v) is 2.02. The smallest absolute Gasteiger partial charge is 0.152 e. The minimum atomic E-state index is -1.25. The Labute approximate surface area is 62.8 Å². The Bertz CT molecular complexity index is 178. The van der Waals surface area contributed by atoms with Gasteiger partial charge in [0.2, 0.25) is 0 Å². The molecule has 1 aliphatic heterocycles. The molecule has 2 unspecified atom stereocenters. The van der Waals surface area contributed by atoms with Gasteiger partial charge in [-0.2, -0.15) is 0 Å². The first kappa shape index (κ1) is 7.60. The maximum atomic E-state index is 10.8. The van der Waals surface area contributed by atoms with Crippen molar-refractivity contribution in [2.45, 2.75) is 23.8 Å². The van der Waals surface area contributed by atoms with E-state index in [1.807, 2.05) is 6.92 Å². The summed E-state index contributed by atoms with van der Waals surface area (Å²) in [6, 6.07) is 0. The van der Waals surface area contributed by atoms with Gasteiger partial charge in [0.15, 0.2) is 5.78 Å². The average molecular weight is 159 g/mol. The third-order valence-corrected chi connectivity index (χ3v) is 2.72. The van der Waals surface area contributed by atoms with Gasteiger partial charge in [-0.25, -0.2) is 0 Å². The number of carbonyl (C=O) groups excluding carboxylic acids is 2. The van der Waals surface area contributed by atoms with Crippen LogP contribution in [0.2, 0.25) is 0 Å². The van der Waals surface area contributed by atoms with E-state index in [2.05, 4.69) is 0 Å². The highest BCUT2D eigenvalue weighted by molar-refractivity contribution is 8.02. The second-order valence-corrected chi connectivity index (χ2v) is 3.86. The van der Waals surface area contributed by atoms with Crippen molar-refractivity contribution in [2.24, 2.45) is 0 Å². The summed E-state index contributed by atoms with van der Waals surface area (Å²) in [5.74, 6) is -1.46. The molecule has 0 bridgehead atoms. The maximum Gasteiger partial charge on any atom is 0.152 e. The fraction of sp³-hybridized carbons (Fsp3) is 0.667. The van der Waals surface area contributed by atoms with Crippen LogP contribution in [0.1, 0.15) is 13.3 Å². The summed E-state index contributed by atoms with van der Waals surface area (Å²) in [4.78, 5) is 21.0. The molecule has 1 fully saturated rings. The van der Waals surface area contributed by atoms with E-state index in [0.717, 1.165) is 0 Å². The van der Waals surface area contributed by atoms with Crippen LogP contribution in [0.5, 0.6) is 0 Å². The molecular formula is C6H7O3S-. The Morgan fingerprint density at radius 3 is 2.60 bits per heavy atom. The van der Waals surface area contributed by atoms with Gasteiger partial charge in [-0.15, -0.1) is 11.8 Å². The standard InChI is InChI=1S/C6H8O3S/c1-3-2-4(7)5(10-3)6(8)9/h3,5H,2H2,1H3,(H,8,9)/p-1. The second kappa shape index (κ2) is 2.62. The van der Waals surface area contributed by atoms with E-state index in [1.54, 1.807) is 0 Å². The van der Waals surface area contributed by atoms with Crippen LogP contribution >= 0.6 is 11.8 Å². The zero-order chi connectivity index (χ0) is 7.72. The molecule has 2 atom stereocenters. The van der Waals surface area contributed by atoms with E-state index in [1.165, 1.54) is 11.8 Å². The topological polar surface area (TPSA) is 57.2 Å². The first-order valence-corrected chi connectivity index (χ1v) is 3.94. The number of carboxylic acid groups (broad SMARTS) is 1. The summed E-state index contributed by atoms with van der Waals surface area (Å²) in [5, 5.41) is 9.43. The highest BCUT2D eigenvalue weighted by atomic mass is 32.2. The van der Waals surface area contributed by atoms with Gasteiger partial charge >= 0.3 is 0 Å². The number of carboxylic acids is 1.